The lowest BCUT2D eigenvalue weighted by Crippen LogP contribution is -2.34. The predicted molar refractivity (Wildman–Crippen MR) is 70.1 cm³/mol. The van der Waals surface area contributed by atoms with E-state index >= 15 is 0 Å². The third kappa shape index (κ3) is 3.48. The fourth-order valence-corrected chi connectivity index (χ4v) is 3.84. The van der Waals surface area contributed by atoms with E-state index in [-0.39, 0.29) is 12.0 Å². The van der Waals surface area contributed by atoms with Crippen LogP contribution in [-0.4, -0.2) is 11.0 Å². The molecule has 3 atom stereocenters. The molecule has 0 aromatic carbocycles. The topological polar surface area (TPSA) is 38.9 Å². The van der Waals surface area contributed by atoms with Gasteiger partial charge in [0.1, 0.15) is 0 Å². The summed E-state index contributed by atoms with van der Waals surface area (Å²) < 4.78 is 37.7. The molecular formula is C13H19F3N2S. The zero-order valence-electron chi connectivity index (χ0n) is 10.9. The number of aromatic nitrogens is 1. The van der Waals surface area contributed by atoms with Crippen LogP contribution >= 0.6 is 11.3 Å². The van der Waals surface area contributed by atoms with Gasteiger partial charge in [-0.15, -0.1) is 11.3 Å². The Morgan fingerprint density at radius 3 is 2.74 bits per heavy atom. The summed E-state index contributed by atoms with van der Waals surface area (Å²) in [6, 6.07) is -0.0327. The van der Waals surface area contributed by atoms with Crippen LogP contribution in [0.4, 0.5) is 13.2 Å². The summed E-state index contributed by atoms with van der Waals surface area (Å²) in [7, 11) is 0. The molecule has 0 bridgehead atoms. The third-order valence-corrected chi connectivity index (χ3v) is 5.01. The summed E-state index contributed by atoms with van der Waals surface area (Å²) >= 11 is 0.754. The van der Waals surface area contributed by atoms with E-state index in [4.69, 9.17) is 5.73 Å². The monoisotopic (exact) mass is 292 g/mol. The Bertz CT molecular complexity index is 416. The lowest BCUT2D eigenvalue weighted by molar-refractivity contribution is -0.137. The second kappa shape index (κ2) is 5.79. The molecule has 1 fully saturated rings. The van der Waals surface area contributed by atoms with Crippen molar-refractivity contribution in [1.29, 1.82) is 0 Å². The standard InChI is InChI=1S/C13H19F3N2S/c1-2-3-8-4-5-10(17)9(6-8)11-7-18-12(19-11)13(14,15)16/h7-10H,2-6,17H2,1H3. The molecule has 2 nitrogen and oxygen atoms in total. The first-order chi connectivity index (χ1) is 8.91. The van der Waals surface area contributed by atoms with E-state index < -0.39 is 11.2 Å². The molecule has 3 unspecified atom stereocenters. The molecule has 1 heterocycles. The van der Waals surface area contributed by atoms with Gasteiger partial charge in [-0.3, -0.25) is 0 Å². The van der Waals surface area contributed by atoms with Crippen molar-refractivity contribution in [2.24, 2.45) is 11.7 Å². The van der Waals surface area contributed by atoms with Crippen molar-refractivity contribution in [3.8, 4) is 0 Å². The maximum atomic E-state index is 12.6. The Hall–Kier alpha value is -0.620. The molecule has 0 saturated heterocycles. The van der Waals surface area contributed by atoms with Crippen LogP contribution in [0.25, 0.3) is 0 Å². The van der Waals surface area contributed by atoms with Crippen molar-refractivity contribution in [2.45, 2.75) is 57.2 Å². The molecule has 1 aliphatic rings. The maximum absolute atomic E-state index is 12.6. The van der Waals surface area contributed by atoms with Crippen molar-refractivity contribution >= 4 is 11.3 Å². The molecule has 1 aromatic heterocycles. The van der Waals surface area contributed by atoms with E-state index in [0.717, 1.165) is 43.4 Å². The van der Waals surface area contributed by atoms with E-state index in [0.29, 0.717) is 10.8 Å². The Labute approximate surface area is 115 Å². The Morgan fingerprint density at radius 2 is 2.16 bits per heavy atom. The lowest BCUT2D eigenvalue weighted by atomic mass is 9.76. The number of nitrogens with zero attached hydrogens (tertiary/aromatic N) is 1. The van der Waals surface area contributed by atoms with Crippen molar-refractivity contribution in [1.82, 2.24) is 4.98 Å². The molecule has 0 spiro atoms. The molecule has 0 aliphatic heterocycles. The van der Waals surface area contributed by atoms with E-state index in [9.17, 15) is 13.2 Å². The van der Waals surface area contributed by atoms with Crippen LogP contribution in [0.5, 0.6) is 0 Å². The number of hydrogen-bond acceptors (Lipinski definition) is 3. The van der Waals surface area contributed by atoms with Gasteiger partial charge >= 0.3 is 6.18 Å². The van der Waals surface area contributed by atoms with E-state index in [1.165, 1.54) is 6.20 Å². The SMILES string of the molecule is CCCC1CCC(N)C(c2cnc(C(F)(F)F)s2)C1. The zero-order valence-corrected chi connectivity index (χ0v) is 11.7. The van der Waals surface area contributed by atoms with Gasteiger partial charge in [0.15, 0.2) is 5.01 Å². The second-order valence-electron chi connectivity index (χ2n) is 5.30. The summed E-state index contributed by atoms with van der Waals surface area (Å²) in [4.78, 5) is 4.20. The van der Waals surface area contributed by atoms with E-state index in [1.807, 2.05) is 0 Å². The fourth-order valence-electron chi connectivity index (χ4n) is 2.87. The largest absolute Gasteiger partial charge is 0.443 e. The van der Waals surface area contributed by atoms with Gasteiger partial charge in [0.05, 0.1) is 0 Å². The van der Waals surface area contributed by atoms with Crippen LogP contribution in [0.2, 0.25) is 0 Å². The minimum atomic E-state index is -4.34. The highest BCUT2D eigenvalue weighted by atomic mass is 32.1. The Morgan fingerprint density at radius 1 is 1.42 bits per heavy atom. The molecule has 2 rings (SSSR count). The van der Waals surface area contributed by atoms with Gasteiger partial charge in [-0.2, -0.15) is 13.2 Å². The van der Waals surface area contributed by atoms with Gasteiger partial charge in [0.2, 0.25) is 0 Å². The minimum Gasteiger partial charge on any atom is -0.327 e. The van der Waals surface area contributed by atoms with Gasteiger partial charge in [-0.1, -0.05) is 19.8 Å². The van der Waals surface area contributed by atoms with Crippen LogP contribution < -0.4 is 5.73 Å². The van der Waals surface area contributed by atoms with Gasteiger partial charge in [-0.25, -0.2) is 4.98 Å². The van der Waals surface area contributed by atoms with Crippen molar-refractivity contribution in [2.75, 3.05) is 0 Å². The summed E-state index contributed by atoms with van der Waals surface area (Å²) in [6.07, 6.45) is 2.16. The average molecular weight is 292 g/mol. The lowest BCUT2D eigenvalue weighted by Gasteiger charge is -2.33. The summed E-state index contributed by atoms with van der Waals surface area (Å²) in [5.74, 6) is 0.630. The van der Waals surface area contributed by atoms with E-state index in [1.54, 1.807) is 0 Å². The van der Waals surface area contributed by atoms with Crippen molar-refractivity contribution < 1.29 is 13.2 Å². The smallest absolute Gasteiger partial charge is 0.327 e. The first-order valence-electron chi connectivity index (χ1n) is 6.70. The normalized spacial score (nSPS) is 28.6. The summed E-state index contributed by atoms with van der Waals surface area (Å²) in [5, 5.41) is -0.757. The van der Waals surface area contributed by atoms with E-state index in [2.05, 4.69) is 11.9 Å². The fraction of sp³-hybridized carbons (Fsp3) is 0.769. The first-order valence-corrected chi connectivity index (χ1v) is 7.52. The Kier molecular flexibility index (Phi) is 4.50. The molecular weight excluding hydrogens is 273 g/mol. The third-order valence-electron chi connectivity index (χ3n) is 3.84. The highest BCUT2D eigenvalue weighted by molar-refractivity contribution is 7.11. The quantitative estimate of drug-likeness (QED) is 0.908. The molecule has 1 aliphatic carbocycles. The summed E-state index contributed by atoms with van der Waals surface area (Å²) in [6.45, 7) is 2.14. The highest BCUT2D eigenvalue weighted by Crippen LogP contribution is 2.41. The predicted octanol–water partition coefficient (Wildman–Crippen LogP) is 4.17. The summed E-state index contributed by atoms with van der Waals surface area (Å²) in [5.41, 5.74) is 6.09. The number of hydrogen-bond donors (Lipinski definition) is 1. The Balaban J connectivity index is 2.12. The molecule has 1 saturated carbocycles. The molecule has 108 valence electrons. The molecule has 0 radical (unpaired) electrons. The van der Waals surface area contributed by atoms with Gasteiger partial charge in [-0.05, 0) is 25.2 Å². The molecule has 1 aromatic rings. The molecule has 0 amide bonds. The second-order valence-corrected chi connectivity index (χ2v) is 6.37. The molecule has 2 N–H and O–H groups in total. The number of alkyl halides is 3. The number of nitrogens with two attached hydrogens (primary N) is 1. The molecule has 19 heavy (non-hydrogen) atoms. The minimum absolute atomic E-state index is 0.0327. The maximum Gasteiger partial charge on any atom is 0.443 e. The number of thiazole rings is 1. The van der Waals surface area contributed by atoms with Crippen LogP contribution in [0.3, 0.4) is 0 Å². The zero-order chi connectivity index (χ0) is 14.0. The first kappa shape index (κ1) is 14.8. The van der Waals surface area contributed by atoms with Crippen molar-refractivity contribution in [3.05, 3.63) is 16.1 Å². The van der Waals surface area contributed by atoms with Crippen LogP contribution in [0, 0.1) is 5.92 Å². The molecule has 6 heteroatoms. The number of rotatable bonds is 3. The van der Waals surface area contributed by atoms with Gasteiger partial charge in [0.25, 0.3) is 0 Å². The van der Waals surface area contributed by atoms with Crippen LogP contribution in [-0.2, 0) is 6.18 Å². The highest BCUT2D eigenvalue weighted by Gasteiger charge is 2.37. The number of halogens is 3. The van der Waals surface area contributed by atoms with Gasteiger partial charge in [0, 0.05) is 23.0 Å². The van der Waals surface area contributed by atoms with Crippen LogP contribution in [0.1, 0.15) is 54.8 Å². The van der Waals surface area contributed by atoms with Gasteiger partial charge < -0.3 is 5.73 Å². The van der Waals surface area contributed by atoms with Crippen LogP contribution in [0.15, 0.2) is 6.20 Å². The average Bonchev–Trinajstić information content (AvgIpc) is 2.81. The van der Waals surface area contributed by atoms with Crippen molar-refractivity contribution in [3.63, 3.8) is 0 Å².